The van der Waals surface area contributed by atoms with E-state index in [4.69, 9.17) is 10.2 Å². The van der Waals surface area contributed by atoms with E-state index in [2.05, 4.69) is 39.5 Å². The van der Waals surface area contributed by atoms with Crippen LogP contribution in [0.1, 0.15) is 12.2 Å². The minimum absolute atomic E-state index is 0.571. The molecular formula is C17H25N5O. The Bertz CT molecular complexity index is 815. The molecule has 0 aliphatic carbocycles. The van der Waals surface area contributed by atoms with Crippen molar-refractivity contribution in [3.8, 4) is 0 Å². The third-order valence-electron chi connectivity index (χ3n) is 3.94. The van der Waals surface area contributed by atoms with E-state index in [1.54, 1.807) is 0 Å². The van der Waals surface area contributed by atoms with Crippen molar-refractivity contribution >= 4 is 28.0 Å². The molecule has 0 atom stereocenters. The zero-order valence-corrected chi connectivity index (χ0v) is 14.3. The Labute approximate surface area is 136 Å². The second kappa shape index (κ2) is 6.22. The first-order valence-electron chi connectivity index (χ1n) is 7.92. The van der Waals surface area contributed by atoms with Gasteiger partial charge in [-0.05, 0) is 59.4 Å². The van der Waals surface area contributed by atoms with Gasteiger partial charge in [-0.3, -0.25) is 0 Å². The molecule has 1 aromatic carbocycles. The van der Waals surface area contributed by atoms with E-state index < -0.39 is 0 Å². The molecular weight excluding hydrogens is 290 g/mol. The standard InChI is InChI=1S/C17H25N5O/c1-20(2)8-5-9-22-16-13-10-12(11-21(3)4)23-15(13)7-6-14(16)19-17(22)18/h6-7,10H,5,8-9,11H2,1-4H3,(H2,18,19). The predicted octanol–water partition coefficient (Wildman–Crippen LogP) is 2.38. The Balaban J connectivity index is 2.04. The molecule has 23 heavy (non-hydrogen) atoms. The second-order valence-electron chi connectivity index (χ2n) is 6.57. The maximum absolute atomic E-state index is 6.15. The van der Waals surface area contributed by atoms with Gasteiger partial charge >= 0.3 is 0 Å². The molecule has 0 spiro atoms. The number of nitrogens with zero attached hydrogens (tertiary/aromatic N) is 4. The lowest BCUT2D eigenvalue weighted by molar-refractivity contribution is 0.358. The zero-order valence-electron chi connectivity index (χ0n) is 14.3. The molecule has 6 heteroatoms. The van der Waals surface area contributed by atoms with E-state index >= 15 is 0 Å². The van der Waals surface area contributed by atoms with Crippen LogP contribution in [0.4, 0.5) is 5.95 Å². The van der Waals surface area contributed by atoms with Gasteiger partial charge in [-0.25, -0.2) is 4.98 Å². The van der Waals surface area contributed by atoms with Gasteiger partial charge in [0.2, 0.25) is 5.95 Å². The Kier molecular flexibility index (Phi) is 4.28. The normalized spacial score (nSPS) is 12.3. The zero-order chi connectivity index (χ0) is 16.6. The summed E-state index contributed by atoms with van der Waals surface area (Å²) in [6.45, 7) is 2.65. The molecule has 0 fully saturated rings. The number of aromatic nitrogens is 2. The molecule has 2 heterocycles. The summed E-state index contributed by atoms with van der Waals surface area (Å²) in [5, 5.41) is 1.09. The number of hydrogen-bond donors (Lipinski definition) is 1. The van der Waals surface area contributed by atoms with Crippen LogP contribution in [-0.4, -0.2) is 54.1 Å². The first-order valence-corrected chi connectivity index (χ1v) is 7.92. The van der Waals surface area contributed by atoms with Gasteiger partial charge in [0.05, 0.1) is 17.6 Å². The number of anilines is 1. The summed E-state index contributed by atoms with van der Waals surface area (Å²) in [5.41, 5.74) is 9.04. The van der Waals surface area contributed by atoms with E-state index in [0.29, 0.717) is 5.95 Å². The lowest BCUT2D eigenvalue weighted by atomic mass is 10.2. The van der Waals surface area contributed by atoms with Crippen molar-refractivity contribution in [2.24, 2.45) is 0 Å². The van der Waals surface area contributed by atoms with Crippen LogP contribution < -0.4 is 5.73 Å². The van der Waals surface area contributed by atoms with Gasteiger partial charge in [0.1, 0.15) is 11.3 Å². The number of hydrogen-bond acceptors (Lipinski definition) is 5. The van der Waals surface area contributed by atoms with E-state index in [0.717, 1.165) is 53.8 Å². The van der Waals surface area contributed by atoms with Crippen LogP contribution >= 0.6 is 0 Å². The summed E-state index contributed by atoms with van der Waals surface area (Å²) in [5.74, 6) is 1.53. The highest BCUT2D eigenvalue weighted by molar-refractivity contribution is 6.03. The van der Waals surface area contributed by atoms with Crippen molar-refractivity contribution in [2.75, 3.05) is 40.5 Å². The van der Waals surface area contributed by atoms with Crippen LogP contribution in [0.2, 0.25) is 0 Å². The van der Waals surface area contributed by atoms with Crippen LogP contribution in [0, 0.1) is 0 Å². The van der Waals surface area contributed by atoms with Crippen molar-refractivity contribution in [2.45, 2.75) is 19.5 Å². The molecule has 0 aliphatic heterocycles. The topological polar surface area (TPSA) is 63.5 Å². The molecule has 0 bridgehead atoms. The van der Waals surface area contributed by atoms with Gasteiger partial charge in [0.15, 0.2) is 0 Å². The van der Waals surface area contributed by atoms with Gasteiger partial charge in [0, 0.05) is 11.9 Å². The Hall–Kier alpha value is -2.05. The summed E-state index contributed by atoms with van der Waals surface area (Å²) in [7, 11) is 8.23. The molecule has 0 amide bonds. The molecule has 6 nitrogen and oxygen atoms in total. The fraction of sp³-hybridized carbons (Fsp3) is 0.471. The quantitative estimate of drug-likeness (QED) is 0.756. The number of aryl methyl sites for hydroxylation is 1. The number of rotatable bonds is 6. The number of imidazole rings is 1. The predicted molar refractivity (Wildman–Crippen MR) is 94.5 cm³/mol. The van der Waals surface area contributed by atoms with Crippen molar-refractivity contribution in [3.05, 3.63) is 24.0 Å². The van der Waals surface area contributed by atoms with Gasteiger partial charge < -0.3 is 24.5 Å². The maximum atomic E-state index is 6.15. The summed E-state index contributed by atoms with van der Waals surface area (Å²) < 4.78 is 8.07. The Morgan fingerprint density at radius 1 is 1.17 bits per heavy atom. The fourth-order valence-corrected chi connectivity index (χ4v) is 2.97. The molecule has 124 valence electrons. The van der Waals surface area contributed by atoms with Gasteiger partial charge in [-0.2, -0.15) is 0 Å². The van der Waals surface area contributed by atoms with Crippen molar-refractivity contribution in [1.82, 2.24) is 19.4 Å². The number of nitrogens with two attached hydrogens (primary N) is 1. The minimum atomic E-state index is 0.571. The second-order valence-corrected chi connectivity index (χ2v) is 6.57. The lowest BCUT2D eigenvalue weighted by Crippen LogP contribution is -2.15. The number of nitrogen functional groups attached to an aromatic ring is 1. The maximum Gasteiger partial charge on any atom is 0.201 e. The van der Waals surface area contributed by atoms with Gasteiger partial charge in [-0.1, -0.05) is 0 Å². The van der Waals surface area contributed by atoms with E-state index in [-0.39, 0.29) is 0 Å². The van der Waals surface area contributed by atoms with Crippen LogP contribution in [0.15, 0.2) is 22.6 Å². The fourth-order valence-electron chi connectivity index (χ4n) is 2.97. The molecule has 2 N–H and O–H groups in total. The number of furan rings is 1. The number of benzene rings is 1. The van der Waals surface area contributed by atoms with Gasteiger partial charge in [0.25, 0.3) is 0 Å². The first-order chi connectivity index (χ1) is 11.0. The van der Waals surface area contributed by atoms with E-state index in [1.165, 1.54) is 0 Å². The molecule has 0 saturated carbocycles. The highest BCUT2D eigenvalue weighted by atomic mass is 16.3. The molecule has 0 radical (unpaired) electrons. The van der Waals surface area contributed by atoms with Gasteiger partial charge in [-0.15, -0.1) is 0 Å². The Morgan fingerprint density at radius 2 is 1.96 bits per heavy atom. The molecule has 0 saturated heterocycles. The van der Waals surface area contributed by atoms with Crippen LogP contribution in [-0.2, 0) is 13.1 Å². The summed E-state index contributed by atoms with van der Waals surface area (Å²) in [6, 6.07) is 6.08. The molecule has 0 aliphatic rings. The third kappa shape index (κ3) is 3.18. The van der Waals surface area contributed by atoms with Crippen LogP contribution in [0.3, 0.4) is 0 Å². The molecule has 3 rings (SSSR count). The van der Waals surface area contributed by atoms with Crippen molar-refractivity contribution < 1.29 is 4.42 Å². The monoisotopic (exact) mass is 315 g/mol. The van der Waals surface area contributed by atoms with Crippen molar-refractivity contribution in [1.29, 1.82) is 0 Å². The average Bonchev–Trinajstić information content (AvgIpc) is 2.98. The minimum Gasteiger partial charge on any atom is -0.460 e. The highest BCUT2D eigenvalue weighted by Crippen LogP contribution is 2.30. The average molecular weight is 315 g/mol. The Morgan fingerprint density at radius 3 is 2.65 bits per heavy atom. The van der Waals surface area contributed by atoms with Crippen LogP contribution in [0.5, 0.6) is 0 Å². The summed E-state index contributed by atoms with van der Waals surface area (Å²) in [4.78, 5) is 8.78. The van der Waals surface area contributed by atoms with Crippen LogP contribution in [0.25, 0.3) is 22.0 Å². The third-order valence-corrected chi connectivity index (χ3v) is 3.94. The van der Waals surface area contributed by atoms with Crippen molar-refractivity contribution in [3.63, 3.8) is 0 Å². The largest absolute Gasteiger partial charge is 0.460 e. The highest BCUT2D eigenvalue weighted by Gasteiger charge is 2.15. The summed E-state index contributed by atoms with van der Waals surface area (Å²) >= 11 is 0. The molecule has 2 aromatic heterocycles. The first kappa shape index (κ1) is 15.8. The van der Waals surface area contributed by atoms with E-state index in [1.807, 2.05) is 26.2 Å². The number of fused-ring (bicyclic) bond motifs is 3. The molecule has 3 aromatic rings. The van der Waals surface area contributed by atoms with E-state index in [9.17, 15) is 0 Å². The smallest absolute Gasteiger partial charge is 0.201 e. The molecule has 0 unspecified atom stereocenters. The summed E-state index contributed by atoms with van der Waals surface area (Å²) in [6.07, 6.45) is 1.03. The SMILES string of the molecule is CN(C)CCCn1c(N)nc2ccc3oc(CN(C)C)cc3c21. The lowest BCUT2D eigenvalue weighted by Gasteiger charge is -2.11.